The molecule has 0 aliphatic rings. The highest BCUT2D eigenvalue weighted by Crippen LogP contribution is 2.55. The monoisotopic (exact) mass is 410 g/mol. The van der Waals surface area contributed by atoms with Crippen LogP contribution in [-0.4, -0.2) is 16.7 Å². The average Bonchev–Trinajstić information content (AvgIpc) is 2.48. The molecule has 8 heteroatoms. The normalized spacial score (nSPS) is 18.3. The van der Waals surface area contributed by atoms with Gasteiger partial charge in [-0.1, -0.05) is 74.8 Å². The molecule has 0 rings (SSSR count). The van der Waals surface area contributed by atoms with E-state index >= 15 is 0 Å². The fourth-order valence-corrected chi connectivity index (χ4v) is 4.39. The van der Waals surface area contributed by atoms with Crippen LogP contribution < -0.4 is 0 Å². The second-order valence-corrected chi connectivity index (χ2v) is 8.41. The zero-order valence-electron chi connectivity index (χ0n) is 14.3. The van der Waals surface area contributed by atoms with Crippen LogP contribution in [0, 0.1) is 0 Å². The minimum absolute atomic E-state index is 0.554. The van der Waals surface area contributed by atoms with E-state index in [4.69, 9.17) is 48.4 Å². The first kappa shape index (κ1) is 24.0. The maximum atomic E-state index is 12.8. The second-order valence-electron chi connectivity index (χ2n) is 5.42. The van der Waals surface area contributed by atoms with Crippen LogP contribution in [0.3, 0.4) is 0 Å². The zero-order valence-corrected chi connectivity index (χ0v) is 17.5. The number of halogens is 3. The summed E-state index contributed by atoms with van der Waals surface area (Å²) in [5.74, 6) is 0. The molecule has 0 amide bonds. The van der Waals surface area contributed by atoms with E-state index < -0.39 is 24.5 Å². The fourth-order valence-electron chi connectivity index (χ4n) is 1.75. The number of rotatable bonds is 15. The van der Waals surface area contributed by atoms with Gasteiger partial charge in [-0.15, -0.1) is 0 Å². The fraction of sp³-hybridized carbons (Fsp3) is 1.00. The van der Waals surface area contributed by atoms with Crippen LogP contribution in [0.2, 0.25) is 0 Å². The van der Waals surface area contributed by atoms with Crippen molar-refractivity contribution in [3.05, 3.63) is 0 Å². The van der Waals surface area contributed by atoms with Gasteiger partial charge in [0.25, 0.3) is 0 Å². The summed E-state index contributed by atoms with van der Waals surface area (Å²) in [6, 6.07) is 0. The molecular formula is C15H30Cl3O4P. The Morgan fingerprint density at radius 1 is 0.696 bits per heavy atom. The largest absolute Gasteiger partial charge is 0.479 e. The van der Waals surface area contributed by atoms with E-state index in [1.807, 2.05) is 20.8 Å². The third-order valence-corrected chi connectivity index (χ3v) is 5.92. The van der Waals surface area contributed by atoms with E-state index in [0.717, 1.165) is 38.5 Å². The molecule has 3 unspecified atom stereocenters. The molecule has 4 nitrogen and oxygen atoms in total. The van der Waals surface area contributed by atoms with Crippen LogP contribution in [0.1, 0.15) is 78.6 Å². The molecule has 140 valence electrons. The van der Waals surface area contributed by atoms with E-state index in [0.29, 0.717) is 19.3 Å². The molecule has 23 heavy (non-hydrogen) atoms. The van der Waals surface area contributed by atoms with Crippen molar-refractivity contribution in [1.29, 1.82) is 0 Å². The Bertz CT molecular complexity index is 286. The molecule has 0 spiro atoms. The van der Waals surface area contributed by atoms with E-state index in [9.17, 15) is 4.57 Å². The minimum atomic E-state index is -3.90. The Morgan fingerprint density at radius 3 is 1.17 bits per heavy atom. The van der Waals surface area contributed by atoms with Crippen LogP contribution in [0.5, 0.6) is 0 Å². The Morgan fingerprint density at radius 2 is 0.957 bits per heavy atom. The Labute approximate surface area is 156 Å². The summed E-state index contributed by atoms with van der Waals surface area (Å²) in [5.41, 5.74) is -2.28. The maximum Gasteiger partial charge on any atom is 0.479 e. The highest BCUT2D eigenvalue weighted by Gasteiger charge is 2.35. The maximum absolute atomic E-state index is 12.8. The molecule has 0 aromatic carbocycles. The number of hydrogen-bond donors (Lipinski definition) is 0. The lowest BCUT2D eigenvalue weighted by Gasteiger charge is -2.24. The SMILES string of the molecule is CCCCC(Cl)OP(=O)(OC(Cl)CCCC)OC(Cl)CCCC. The number of phosphoric ester groups is 1. The minimum Gasteiger partial charge on any atom is -0.267 e. The molecule has 0 saturated heterocycles. The lowest BCUT2D eigenvalue weighted by Crippen LogP contribution is -2.15. The summed E-state index contributed by atoms with van der Waals surface area (Å²) in [4.78, 5) is 0. The van der Waals surface area contributed by atoms with E-state index in [2.05, 4.69) is 0 Å². The van der Waals surface area contributed by atoms with Crippen molar-refractivity contribution in [2.45, 2.75) is 95.2 Å². The topological polar surface area (TPSA) is 44.8 Å². The van der Waals surface area contributed by atoms with Crippen LogP contribution in [0.4, 0.5) is 0 Å². The summed E-state index contributed by atoms with van der Waals surface area (Å²) in [5, 5.41) is 0. The Hall–Kier alpha value is 0.980. The quantitative estimate of drug-likeness (QED) is 0.208. The lowest BCUT2D eigenvalue weighted by molar-refractivity contribution is 0.0781. The Balaban J connectivity index is 4.70. The molecule has 0 radical (unpaired) electrons. The highest BCUT2D eigenvalue weighted by atomic mass is 35.5. The van der Waals surface area contributed by atoms with E-state index in [1.165, 1.54) is 0 Å². The van der Waals surface area contributed by atoms with E-state index in [-0.39, 0.29) is 0 Å². The van der Waals surface area contributed by atoms with Gasteiger partial charge in [0.05, 0.1) is 0 Å². The smallest absolute Gasteiger partial charge is 0.267 e. The predicted molar refractivity (Wildman–Crippen MR) is 98.4 cm³/mol. The molecule has 0 saturated carbocycles. The van der Waals surface area contributed by atoms with Gasteiger partial charge in [-0.3, -0.25) is 13.6 Å². The number of hydrogen-bond acceptors (Lipinski definition) is 4. The number of phosphoric acid groups is 1. The van der Waals surface area contributed by atoms with Gasteiger partial charge in [-0.05, 0) is 38.5 Å². The van der Waals surface area contributed by atoms with Crippen molar-refractivity contribution in [3.63, 3.8) is 0 Å². The zero-order chi connectivity index (χ0) is 17.7. The molecule has 0 bridgehead atoms. The van der Waals surface area contributed by atoms with Crippen molar-refractivity contribution in [1.82, 2.24) is 0 Å². The first-order valence-electron chi connectivity index (χ1n) is 8.44. The molecule has 0 aliphatic heterocycles. The third-order valence-electron chi connectivity index (χ3n) is 3.08. The summed E-state index contributed by atoms with van der Waals surface area (Å²) in [6.07, 6.45) is 7.11. The average molecular weight is 412 g/mol. The number of unbranched alkanes of at least 4 members (excludes halogenated alkanes) is 3. The van der Waals surface area contributed by atoms with Crippen LogP contribution >= 0.6 is 42.6 Å². The van der Waals surface area contributed by atoms with Crippen molar-refractivity contribution in [2.24, 2.45) is 0 Å². The molecule has 0 heterocycles. The first-order chi connectivity index (χ1) is 10.9. The van der Waals surface area contributed by atoms with Crippen LogP contribution in [0.15, 0.2) is 0 Å². The lowest BCUT2D eigenvalue weighted by atomic mass is 10.3. The van der Waals surface area contributed by atoms with Gasteiger partial charge in [0.15, 0.2) is 0 Å². The predicted octanol–water partition coefficient (Wildman–Crippen LogP) is 7.41. The molecule has 0 fully saturated rings. The molecule has 0 aliphatic carbocycles. The second kappa shape index (κ2) is 14.2. The van der Waals surface area contributed by atoms with Crippen LogP contribution in [0.25, 0.3) is 0 Å². The molecule has 0 aromatic rings. The van der Waals surface area contributed by atoms with Crippen LogP contribution in [-0.2, 0) is 18.1 Å². The summed E-state index contributed by atoms with van der Waals surface area (Å²) in [7, 11) is -3.90. The van der Waals surface area contributed by atoms with Gasteiger partial charge in [0, 0.05) is 0 Å². The summed E-state index contributed by atoms with van der Waals surface area (Å²) >= 11 is 18.2. The van der Waals surface area contributed by atoms with Gasteiger partial charge in [0.1, 0.15) is 16.7 Å². The molecule has 0 aromatic heterocycles. The van der Waals surface area contributed by atoms with Crippen molar-refractivity contribution < 1.29 is 18.1 Å². The van der Waals surface area contributed by atoms with E-state index in [1.54, 1.807) is 0 Å². The summed E-state index contributed by atoms with van der Waals surface area (Å²) < 4.78 is 28.9. The molecule has 0 N–H and O–H groups in total. The van der Waals surface area contributed by atoms with Crippen molar-refractivity contribution in [3.8, 4) is 0 Å². The highest BCUT2D eigenvalue weighted by molar-refractivity contribution is 7.48. The van der Waals surface area contributed by atoms with Gasteiger partial charge >= 0.3 is 7.82 Å². The molecular weight excluding hydrogens is 381 g/mol. The van der Waals surface area contributed by atoms with Crippen molar-refractivity contribution in [2.75, 3.05) is 0 Å². The van der Waals surface area contributed by atoms with Gasteiger partial charge in [-0.25, -0.2) is 4.57 Å². The third kappa shape index (κ3) is 12.9. The molecule has 3 atom stereocenters. The first-order valence-corrected chi connectivity index (χ1v) is 11.2. The summed E-state index contributed by atoms with van der Waals surface area (Å²) in [6.45, 7) is 6.11. The van der Waals surface area contributed by atoms with Gasteiger partial charge in [0.2, 0.25) is 0 Å². The van der Waals surface area contributed by atoms with Crippen molar-refractivity contribution >= 4 is 42.6 Å². The van der Waals surface area contributed by atoms with Gasteiger partial charge < -0.3 is 0 Å². The Kier molecular flexibility index (Phi) is 14.8. The van der Waals surface area contributed by atoms with Gasteiger partial charge in [-0.2, -0.15) is 0 Å². The standard InChI is InChI=1S/C15H30Cl3O4P/c1-4-7-10-13(16)20-23(19,21-14(17)11-8-5-2)22-15(18)12-9-6-3/h13-15H,4-12H2,1-3H3. The number of alkyl halides is 3.